The van der Waals surface area contributed by atoms with Crippen LogP contribution in [0.3, 0.4) is 0 Å². The molecule has 3 aromatic rings. The number of hydrogen-bond acceptors (Lipinski definition) is 4. The fourth-order valence-corrected chi connectivity index (χ4v) is 1.92. The second-order valence-electron chi connectivity index (χ2n) is 4.09. The average molecular weight is 239 g/mol. The molecule has 5 heteroatoms. The van der Waals surface area contributed by atoms with Crippen LogP contribution in [0.4, 0.5) is 5.69 Å². The molecule has 1 N–H and O–H groups in total. The van der Waals surface area contributed by atoms with Gasteiger partial charge in [0.1, 0.15) is 6.33 Å². The van der Waals surface area contributed by atoms with Gasteiger partial charge in [-0.15, -0.1) is 0 Å². The lowest BCUT2D eigenvalue weighted by atomic mass is 10.3. The van der Waals surface area contributed by atoms with Crippen LogP contribution < -0.4 is 5.32 Å². The molecule has 0 spiro atoms. The van der Waals surface area contributed by atoms with Gasteiger partial charge < -0.3 is 5.32 Å². The smallest absolute Gasteiger partial charge is 0.157 e. The summed E-state index contributed by atoms with van der Waals surface area (Å²) in [6.07, 6.45) is 5.25. The Morgan fingerprint density at radius 3 is 2.89 bits per heavy atom. The van der Waals surface area contributed by atoms with Crippen LogP contribution in [0, 0.1) is 6.92 Å². The van der Waals surface area contributed by atoms with Crippen LogP contribution in [-0.2, 0) is 0 Å². The number of benzene rings is 1. The molecule has 0 atom stereocenters. The number of nitrogens with one attached hydrogen (secondary N) is 1. The Hall–Kier alpha value is -2.43. The van der Waals surface area contributed by atoms with Gasteiger partial charge in [0.2, 0.25) is 0 Å². The number of rotatable bonds is 2. The van der Waals surface area contributed by atoms with Crippen molar-refractivity contribution in [3.63, 3.8) is 0 Å². The van der Waals surface area contributed by atoms with Crippen LogP contribution in [0.5, 0.6) is 0 Å². The molecule has 0 saturated heterocycles. The number of hydrogen-bond donors (Lipinski definition) is 1. The zero-order valence-corrected chi connectivity index (χ0v) is 10.3. The van der Waals surface area contributed by atoms with E-state index in [0.717, 1.165) is 28.2 Å². The predicted molar refractivity (Wildman–Crippen MR) is 70.9 cm³/mol. The summed E-state index contributed by atoms with van der Waals surface area (Å²) in [6, 6.07) is 6.05. The molecule has 0 bridgehead atoms. The molecule has 0 aliphatic rings. The topological polar surface area (TPSA) is 55.6 Å². The SMILES string of the molecule is CNc1ccc2c(c1)ncn2-c1cncc(C)n1. The minimum Gasteiger partial charge on any atom is -0.388 e. The van der Waals surface area contributed by atoms with Crippen molar-refractivity contribution < 1.29 is 0 Å². The van der Waals surface area contributed by atoms with Gasteiger partial charge in [-0.1, -0.05) is 0 Å². The fraction of sp³-hybridized carbons (Fsp3) is 0.154. The Bertz CT molecular complexity index is 701. The second-order valence-corrected chi connectivity index (χ2v) is 4.09. The van der Waals surface area contributed by atoms with Crippen LogP contribution >= 0.6 is 0 Å². The molecule has 2 heterocycles. The summed E-state index contributed by atoms with van der Waals surface area (Å²) >= 11 is 0. The third-order valence-corrected chi connectivity index (χ3v) is 2.83. The molecule has 0 aliphatic heterocycles. The van der Waals surface area contributed by atoms with Crippen LogP contribution in [-0.4, -0.2) is 26.6 Å². The van der Waals surface area contributed by atoms with E-state index in [4.69, 9.17) is 0 Å². The van der Waals surface area contributed by atoms with E-state index in [0.29, 0.717) is 0 Å². The van der Waals surface area contributed by atoms with Crippen molar-refractivity contribution in [2.75, 3.05) is 12.4 Å². The first-order valence-electron chi connectivity index (χ1n) is 5.72. The lowest BCUT2D eigenvalue weighted by Gasteiger charge is -2.04. The van der Waals surface area contributed by atoms with E-state index in [2.05, 4.69) is 20.3 Å². The van der Waals surface area contributed by atoms with Crippen molar-refractivity contribution in [3.05, 3.63) is 42.6 Å². The van der Waals surface area contributed by atoms with Crippen molar-refractivity contribution in [1.29, 1.82) is 0 Å². The first-order valence-corrected chi connectivity index (χ1v) is 5.72. The monoisotopic (exact) mass is 239 g/mol. The Labute approximate surface area is 105 Å². The highest BCUT2D eigenvalue weighted by Gasteiger charge is 2.06. The predicted octanol–water partition coefficient (Wildman–Crippen LogP) is 2.17. The van der Waals surface area contributed by atoms with Gasteiger partial charge in [-0.3, -0.25) is 9.55 Å². The lowest BCUT2D eigenvalue weighted by molar-refractivity contribution is 0.971. The van der Waals surface area contributed by atoms with Gasteiger partial charge in [0, 0.05) is 18.9 Å². The third kappa shape index (κ3) is 1.69. The minimum atomic E-state index is 0.787. The fourth-order valence-electron chi connectivity index (χ4n) is 1.92. The number of fused-ring (bicyclic) bond motifs is 1. The maximum Gasteiger partial charge on any atom is 0.157 e. The molecule has 18 heavy (non-hydrogen) atoms. The maximum atomic E-state index is 4.45. The summed E-state index contributed by atoms with van der Waals surface area (Å²) in [5.74, 6) is 0.787. The highest BCUT2D eigenvalue weighted by Crippen LogP contribution is 2.20. The summed E-state index contributed by atoms with van der Waals surface area (Å²) in [7, 11) is 1.89. The second kappa shape index (κ2) is 4.10. The molecule has 0 radical (unpaired) electrons. The van der Waals surface area contributed by atoms with Crippen molar-refractivity contribution in [2.24, 2.45) is 0 Å². The van der Waals surface area contributed by atoms with E-state index in [-0.39, 0.29) is 0 Å². The molecular weight excluding hydrogens is 226 g/mol. The molecule has 5 nitrogen and oxygen atoms in total. The maximum absolute atomic E-state index is 4.45. The van der Waals surface area contributed by atoms with E-state index in [1.807, 2.05) is 36.7 Å². The van der Waals surface area contributed by atoms with Crippen molar-refractivity contribution >= 4 is 16.7 Å². The molecule has 0 saturated carbocycles. The van der Waals surface area contributed by atoms with E-state index < -0.39 is 0 Å². The van der Waals surface area contributed by atoms with E-state index in [1.165, 1.54) is 0 Å². The quantitative estimate of drug-likeness (QED) is 0.744. The third-order valence-electron chi connectivity index (χ3n) is 2.83. The number of anilines is 1. The van der Waals surface area contributed by atoms with E-state index in [1.54, 1.807) is 18.7 Å². The Morgan fingerprint density at radius 2 is 2.11 bits per heavy atom. The van der Waals surface area contributed by atoms with E-state index >= 15 is 0 Å². The van der Waals surface area contributed by atoms with E-state index in [9.17, 15) is 0 Å². The number of aromatic nitrogens is 4. The highest BCUT2D eigenvalue weighted by molar-refractivity contribution is 5.80. The minimum absolute atomic E-state index is 0.787. The number of imidazole rings is 1. The standard InChI is InChI=1S/C13H13N5/c1-9-6-15-7-13(17-9)18-8-16-11-5-10(14-2)3-4-12(11)18/h3-8,14H,1-2H3. The molecule has 90 valence electrons. The zero-order chi connectivity index (χ0) is 12.5. The number of nitrogens with zero attached hydrogens (tertiary/aromatic N) is 4. The summed E-state index contributed by atoms with van der Waals surface area (Å²) < 4.78 is 1.94. The largest absolute Gasteiger partial charge is 0.388 e. The van der Waals surface area contributed by atoms with Crippen LogP contribution in [0.25, 0.3) is 16.9 Å². The highest BCUT2D eigenvalue weighted by atomic mass is 15.1. The molecule has 1 aromatic carbocycles. The van der Waals surface area contributed by atoms with Gasteiger partial charge in [0.25, 0.3) is 0 Å². The molecule has 0 aliphatic carbocycles. The van der Waals surface area contributed by atoms with Gasteiger partial charge in [0.15, 0.2) is 5.82 Å². The molecule has 0 unspecified atom stereocenters. The average Bonchev–Trinajstić information content (AvgIpc) is 2.81. The van der Waals surface area contributed by atoms with Crippen LogP contribution in [0.15, 0.2) is 36.9 Å². The van der Waals surface area contributed by atoms with Crippen LogP contribution in [0.1, 0.15) is 5.69 Å². The number of aryl methyl sites for hydroxylation is 1. The summed E-state index contributed by atoms with van der Waals surface area (Å²) in [4.78, 5) is 13.0. The van der Waals surface area contributed by atoms with Gasteiger partial charge in [0.05, 0.1) is 22.9 Å². The van der Waals surface area contributed by atoms with Gasteiger partial charge in [-0.05, 0) is 25.1 Å². The van der Waals surface area contributed by atoms with Gasteiger partial charge >= 0.3 is 0 Å². The summed E-state index contributed by atoms with van der Waals surface area (Å²) in [5.41, 5.74) is 3.89. The first-order chi connectivity index (χ1) is 8.78. The summed E-state index contributed by atoms with van der Waals surface area (Å²) in [6.45, 7) is 1.93. The Morgan fingerprint density at radius 1 is 1.22 bits per heavy atom. The van der Waals surface area contributed by atoms with Crippen molar-refractivity contribution in [2.45, 2.75) is 6.92 Å². The Balaban J connectivity index is 2.18. The molecular formula is C13H13N5. The molecule has 3 rings (SSSR count). The van der Waals surface area contributed by atoms with Crippen molar-refractivity contribution in [3.8, 4) is 5.82 Å². The first kappa shape index (κ1) is 10.7. The normalized spacial score (nSPS) is 10.8. The summed E-state index contributed by atoms with van der Waals surface area (Å²) in [5, 5.41) is 3.10. The molecule has 0 fully saturated rings. The lowest BCUT2D eigenvalue weighted by Crippen LogP contribution is -1.98. The van der Waals surface area contributed by atoms with Crippen molar-refractivity contribution in [1.82, 2.24) is 19.5 Å². The van der Waals surface area contributed by atoms with Crippen LogP contribution in [0.2, 0.25) is 0 Å². The van der Waals surface area contributed by atoms with Gasteiger partial charge in [-0.25, -0.2) is 9.97 Å². The molecule has 2 aromatic heterocycles. The zero-order valence-electron chi connectivity index (χ0n) is 10.3. The molecule has 0 amide bonds. The van der Waals surface area contributed by atoms with Gasteiger partial charge in [-0.2, -0.15) is 0 Å². The Kier molecular flexibility index (Phi) is 2.44.